The standard InChI is InChI=1S/C7H7BrO.C2H6O2/c1-5-2-3-7(9)6(8)4-5;1-3-4-2/h2-4,9H,1H3;1-2H3. The van der Waals surface area contributed by atoms with Crippen LogP contribution in [0.15, 0.2) is 22.7 Å². The van der Waals surface area contributed by atoms with Crippen LogP contribution in [0.3, 0.4) is 0 Å². The van der Waals surface area contributed by atoms with E-state index in [9.17, 15) is 0 Å². The van der Waals surface area contributed by atoms with Gasteiger partial charge in [-0.05, 0) is 40.5 Å². The minimum atomic E-state index is 0.292. The largest absolute Gasteiger partial charge is 0.507 e. The number of benzene rings is 1. The van der Waals surface area contributed by atoms with Crippen molar-refractivity contribution in [3.05, 3.63) is 28.2 Å². The molecule has 0 spiro atoms. The minimum absolute atomic E-state index is 0.292. The molecule has 0 saturated carbocycles. The van der Waals surface area contributed by atoms with Crippen molar-refractivity contribution < 1.29 is 14.9 Å². The molecule has 0 heterocycles. The average molecular weight is 249 g/mol. The molecule has 13 heavy (non-hydrogen) atoms. The molecule has 0 radical (unpaired) electrons. The van der Waals surface area contributed by atoms with Crippen LogP contribution < -0.4 is 0 Å². The van der Waals surface area contributed by atoms with Gasteiger partial charge in [0.2, 0.25) is 0 Å². The van der Waals surface area contributed by atoms with Gasteiger partial charge in [-0.1, -0.05) is 6.07 Å². The molecule has 0 atom stereocenters. The summed E-state index contributed by atoms with van der Waals surface area (Å²) in [7, 11) is 2.92. The Labute approximate surface area is 86.4 Å². The van der Waals surface area contributed by atoms with Gasteiger partial charge in [-0.15, -0.1) is 0 Å². The molecule has 0 fully saturated rings. The van der Waals surface area contributed by atoms with Crippen LogP contribution in [0.2, 0.25) is 0 Å². The zero-order valence-corrected chi connectivity index (χ0v) is 9.46. The molecule has 74 valence electrons. The number of hydrogen-bond acceptors (Lipinski definition) is 3. The van der Waals surface area contributed by atoms with E-state index in [1.165, 1.54) is 14.2 Å². The topological polar surface area (TPSA) is 38.7 Å². The van der Waals surface area contributed by atoms with E-state index in [2.05, 4.69) is 25.7 Å². The van der Waals surface area contributed by atoms with Crippen LogP contribution in [0.4, 0.5) is 0 Å². The van der Waals surface area contributed by atoms with Crippen molar-refractivity contribution in [2.24, 2.45) is 0 Å². The highest BCUT2D eigenvalue weighted by Crippen LogP contribution is 2.23. The lowest BCUT2D eigenvalue weighted by Crippen LogP contribution is -1.72. The molecule has 3 nitrogen and oxygen atoms in total. The highest BCUT2D eigenvalue weighted by Gasteiger charge is 1.93. The molecular weight excluding hydrogens is 236 g/mol. The lowest BCUT2D eigenvalue weighted by Gasteiger charge is -1.95. The van der Waals surface area contributed by atoms with E-state index >= 15 is 0 Å². The van der Waals surface area contributed by atoms with Crippen molar-refractivity contribution >= 4 is 15.9 Å². The van der Waals surface area contributed by atoms with Gasteiger partial charge in [-0.25, -0.2) is 9.78 Å². The summed E-state index contributed by atoms with van der Waals surface area (Å²) >= 11 is 3.20. The second-order valence-corrected chi connectivity index (χ2v) is 3.14. The number of rotatable bonds is 1. The lowest BCUT2D eigenvalue weighted by atomic mass is 10.2. The zero-order chi connectivity index (χ0) is 10.3. The average Bonchev–Trinajstić information content (AvgIpc) is 2.12. The number of phenols is 1. The molecule has 0 aromatic heterocycles. The van der Waals surface area contributed by atoms with Gasteiger partial charge in [0.1, 0.15) is 5.75 Å². The van der Waals surface area contributed by atoms with Crippen LogP contribution in [-0.2, 0) is 9.78 Å². The van der Waals surface area contributed by atoms with Gasteiger partial charge in [0.15, 0.2) is 0 Å². The van der Waals surface area contributed by atoms with E-state index in [1.54, 1.807) is 6.07 Å². The fourth-order valence-corrected chi connectivity index (χ4v) is 1.11. The molecule has 1 aromatic carbocycles. The van der Waals surface area contributed by atoms with Crippen LogP contribution in [0.25, 0.3) is 0 Å². The minimum Gasteiger partial charge on any atom is -0.507 e. The first-order chi connectivity index (χ1) is 6.11. The van der Waals surface area contributed by atoms with E-state index in [4.69, 9.17) is 5.11 Å². The van der Waals surface area contributed by atoms with Crippen molar-refractivity contribution in [2.45, 2.75) is 6.92 Å². The van der Waals surface area contributed by atoms with Gasteiger partial charge >= 0.3 is 0 Å². The molecule has 0 aliphatic carbocycles. The first-order valence-electron chi connectivity index (χ1n) is 3.63. The fraction of sp³-hybridized carbons (Fsp3) is 0.333. The van der Waals surface area contributed by atoms with Gasteiger partial charge in [-0.3, -0.25) is 0 Å². The Morgan fingerprint density at radius 3 is 2.08 bits per heavy atom. The second-order valence-electron chi connectivity index (χ2n) is 2.29. The van der Waals surface area contributed by atoms with Crippen LogP contribution in [-0.4, -0.2) is 19.3 Å². The van der Waals surface area contributed by atoms with Gasteiger partial charge in [-0.2, -0.15) is 0 Å². The van der Waals surface area contributed by atoms with E-state index in [0.717, 1.165) is 10.0 Å². The SMILES string of the molecule is COOC.Cc1ccc(O)c(Br)c1. The zero-order valence-electron chi connectivity index (χ0n) is 7.87. The van der Waals surface area contributed by atoms with Gasteiger partial charge in [0.25, 0.3) is 0 Å². The van der Waals surface area contributed by atoms with Crippen LogP contribution in [0.5, 0.6) is 5.75 Å². The highest BCUT2D eigenvalue weighted by molar-refractivity contribution is 9.10. The molecule has 0 amide bonds. The van der Waals surface area contributed by atoms with E-state index < -0.39 is 0 Å². The molecule has 0 bridgehead atoms. The van der Waals surface area contributed by atoms with Crippen LogP contribution in [0, 0.1) is 6.92 Å². The molecule has 0 unspecified atom stereocenters. The maximum Gasteiger partial charge on any atom is 0.129 e. The van der Waals surface area contributed by atoms with Crippen molar-refractivity contribution in [3.8, 4) is 5.75 Å². The summed E-state index contributed by atoms with van der Waals surface area (Å²) in [5, 5.41) is 9.00. The Hall–Kier alpha value is -0.580. The number of hydrogen-bond donors (Lipinski definition) is 1. The predicted octanol–water partition coefficient (Wildman–Crippen LogP) is 2.66. The molecule has 1 rings (SSSR count). The number of halogens is 1. The first-order valence-corrected chi connectivity index (χ1v) is 4.43. The predicted molar refractivity (Wildman–Crippen MR) is 54.6 cm³/mol. The summed E-state index contributed by atoms with van der Waals surface area (Å²) in [6, 6.07) is 5.40. The number of phenolic OH excluding ortho intramolecular Hbond substituents is 1. The van der Waals surface area contributed by atoms with Crippen molar-refractivity contribution in [1.82, 2.24) is 0 Å². The monoisotopic (exact) mass is 248 g/mol. The first kappa shape index (κ1) is 12.4. The molecule has 0 aliphatic heterocycles. The van der Waals surface area contributed by atoms with Crippen molar-refractivity contribution in [2.75, 3.05) is 14.2 Å². The summed E-state index contributed by atoms with van der Waals surface area (Å²) in [5.74, 6) is 0.292. The quantitative estimate of drug-likeness (QED) is 0.614. The smallest absolute Gasteiger partial charge is 0.129 e. The molecule has 0 saturated heterocycles. The molecule has 0 aliphatic rings. The van der Waals surface area contributed by atoms with Gasteiger partial charge in [0.05, 0.1) is 18.7 Å². The van der Waals surface area contributed by atoms with E-state index in [1.807, 2.05) is 19.1 Å². The third-order valence-electron chi connectivity index (χ3n) is 1.27. The third kappa shape index (κ3) is 5.63. The van der Waals surface area contributed by atoms with Gasteiger partial charge in [0, 0.05) is 0 Å². The van der Waals surface area contributed by atoms with Crippen LogP contribution in [0.1, 0.15) is 5.56 Å². The summed E-state index contributed by atoms with van der Waals surface area (Å²) < 4.78 is 0.752. The maximum absolute atomic E-state index is 9.00. The Bertz CT molecular complexity index is 249. The summed E-state index contributed by atoms with van der Waals surface area (Å²) in [6.07, 6.45) is 0. The maximum atomic E-state index is 9.00. The van der Waals surface area contributed by atoms with Crippen molar-refractivity contribution in [3.63, 3.8) is 0 Å². The third-order valence-corrected chi connectivity index (χ3v) is 1.91. The number of aryl methyl sites for hydroxylation is 1. The summed E-state index contributed by atoms with van der Waals surface area (Å²) in [4.78, 5) is 8.08. The fourth-order valence-electron chi connectivity index (χ4n) is 0.612. The second kappa shape index (κ2) is 6.88. The molecule has 4 heteroatoms. The molecule has 1 N–H and O–H groups in total. The highest BCUT2D eigenvalue weighted by atomic mass is 79.9. The van der Waals surface area contributed by atoms with Gasteiger partial charge < -0.3 is 5.11 Å². The summed E-state index contributed by atoms with van der Waals surface area (Å²) in [6.45, 7) is 1.98. The normalized spacial score (nSPS) is 8.92. The Balaban J connectivity index is 0.000000310. The number of aromatic hydroxyl groups is 1. The lowest BCUT2D eigenvalue weighted by molar-refractivity contribution is -0.248. The van der Waals surface area contributed by atoms with E-state index in [0.29, 0.717) is 5.75 Å². The Morgan fingerprint density at radius 1 is 1.23 bits per heavy atom. The van der Waals surface area contributed by atoms with Crippen molar-refractivity contribution in [1.29, 1.82) is 0 Å². The van der Waals surface area contributed by atoms with E-state index in [-0.39, 0.29) is 0 Å². The molecular formula is C9H13BrO3. The summed E-state index contributed by atoms with van der Waals surface area (Å²) in [5.41, 5.74) is 1.14. The Morgan fingerprint density at radius 2 is 1.77 bits per heavy atom. The van der Waals surface area contributed by atoms with Crippen LogP contribution >= 0.6 is 15.9 Å². The molecule has 1 aromatic rings. The Kier molecular flexibility index (Phi) is 6.58.